The predicted octanol–water partition coefficient (Wildman–Crippen LogP) is 2.38. The summed E-state index contributed by atoms with van der Waals surface area (Å²) in [4.78, 5) is 26.1. The number of carbonyl (C=O) groups is 2. The van der Waals surface area contributed by atoms with Gasteiger partial charge in [0.2, 0.25) is 0 Å². The van der Waals surface area contributed by atoms with Crippen molar-refractivity contribution >= 4 is 11.8 Å². The molecule has 0 atom stereocenters. The largest absolute Gasteiger partial charge is 0.483 e. The summed E-state index contributed by atoms with van der Waals surface area (Å²) in [5, 5.41) is 2.89. The van der Waals surface area contributed by atoms with Crippen LogP contribution in [0.25, 0.3) is 0 Å². The molecule has 1 aliphatic carbocycles. The highest BCUT2D eigenvalue weighted by molar-refractivity contribution is 5.97. The number of ether oxygens (including phenoxy) is 1. The summed E-state index contributed by atoms with van der Waals surface area (Å²) in [5.74, 6) is 0.610. The molecule has 2 rings (SSSR count). The Morgan fingerprint density at radius 2 is 2.04 bits per heavy atom. The Balaban J connectivity index is 2.02. The van der Waals surface area contributed by atoms with E-state index in [4.69, 9.17) is 4.74 Å². The molecule has 2 amide bonds. The standard InChI is InChI=1S/C18H26N2O3/c1-12(2)10-19-18(22)15-9-13(3)5-8-16(15)23-11-17(21)20(4)14-6-7-14/h5,8-9,12,14H,6-7,10-11H2,1-4H3,(H,19,22). The lowest BCUT2D eigenvalue weighted by Gasteiger charge is -2.18. The number of likely N-dealkylation sites (N-methyl/N-ethyl adjacent to an activating group) is 1. The van der Waals surface area contributed by atoms with Gasteiger partial charge in [-0.15, -0.1) is 0 Å². The monoisotopic (exact) mass is 318 g/mol. The number of hydrogen-bond acceptors (Lipinski definition) is 3. The van der Waals surface area contributed by atoms with Crippen LogP contribution < -0.4 is 10.1 Å². The highest BCUT2D eigenvalue weighted by Gasteiger charge is 2.29. The Hall–Kier alpha value is -2.04. The first-order chi connectivity index (χ1) is 10.9. The van der Waals surface area contributed by atoms with Gasteiger partial charge in [0.1, 0.15) is 5.75 Å². The van der Waals surface area contributed by atoms with Crippen LogP contribution in [0.4, 0.5) is 0 Å². The molecule has 0 spiro atoms. The van der Waals surface area contributed by atoms with Crippen LogP contribution in [-0.4, -0.2) is 43.0 Å². The summed E-state index contributed by atoms with van der Waals surface area (Å²) < 4.78 is 5.63. The van der Waals surface area contributed by atoms with Crippen molar-refractivity contribution < 1.29 is 14.3 Å². The molecular weight excluding hydrogens is 292 g/mol. The number of aryl methyl sites for hydroxylation is 1. The predicted molar refractivity (Wildman–Crippen MR) is 89.6 cm³/mol. The molecule has 5 heteroatoms. The van der Waals surface area contributed by atoms with Crippen molar-refractivity contribution in [3.63, 3.8) is 0 Å². The number of nitrogens with one attached hydrogen (secondary N) is 1. The molecule has 1 aromatic carbocycles. The van der Waals surface area contributed by atoms with Gasteiger partial charge in [0.15, 0.2) is 6.61 Å². The van der Waals surface area contributed by atoms with E-state index in [1.807, 2.05) is 26.8 Å². The topological polar surface area (TPSA) is 58.6 Å². The van der Waals surface area contributed by atoms with Crippen LogP contribution in [0.15, 0.2) is 18.2 Å². The normalized spacial score (nSPS) is 13.8. The van der Waals surface area contributed by atoms with Crippen molar-refractivity contribution in [1.82, 2.24) is 10.2 Å². The third-order valence-corrected chi connectivity index (χ3v) is 3.89. The van der Waals surface area contributed by atoms with Gasteiger partial charge >= 0.3 is 0 Å². The second kappa shape index (κ2) is 7.49. The van der Waals surface area contributed by atoms with Gasteiger partial charge in [-0.25, -0.2) is 0 Å². The van der Waals surface area contributed by atoms with Gasteiger partial charge in [0, 0.05) is 19.6 Å². The zero-order valence-corrected chi connectivity index (χ0v) is 14.4. The van der Waals surface area contributed by atoms with Crippen LogP contribution in [0.2, 0.25) is 0 Å². The molecule has 0 bridgehead atoms. The molecule has 1 N–H and O–H groups in total. The quantitative estimate of drug-likeness (QED) is 0.840. The highest BCUT2D eigenvalue weighted by Crippen LogP contribution is 2.26. The minimum absolute atomic E-state index is 0.0411. The Morgan fingerprint density at radius 3 is 2.65 bits per heavy atom. The first-order valence-corrected chi connectivity index (χ1v) is 8.15. The maximum atomic E-state index is 12.3. The first-order valence-electron chi connectivity index (χ1n) is 8.15. The van der Waals surface area contributed by atoms with Crippen LogP contribution in [0, 0.1) is 12.8 Å². The van der Waals surface area contributed by atoms with Gasteiger partial charge in [-0.05, 0) is 37.8 Å². The lowest BCUT2D eigenvalue weighted by molar-refractivity contribution is -0.132. The number of rotatable bonds is 7. The molecule has 5 nitrogen and oxygen atoms in total. The van der Waals surface area contributed by atoms with E-state index in [-0.39, 0.29) is 18.4 Å². The van der Waals surface area contributed by atoms with E-state index in [1.165, 1.54) is 0 Å². The number of nitrogens with zero attached hydrogens (tertiary/aromatic N) is 1. The molecule has 1 aromatic rings. The number of carbonyl (C=O) groups excluding carboxylic acids is 2. The summed E-state index contributed by atoms with van der Waals surface area (Å²) in [6, 6.07) is 5.78. The van der Waals surface area contributed by atoms with Crippen molar-refractivity contribution in [3.05, 3.63) is 29.3 Å². The summed E-state index contributed by atoms with van der Waals surface area (Å²) in [7, 11) is 1.80. The third-order valence-electron chi connectivity index (χ3n) is 3.89. The molecular formula is C18H26N2O3. The average molecular weight is 318 g/mol. The van der Waals surface area contributed by atoms with Crippen LogP contribution in [-0.2, 0) is 4.79 Å². The summed E-state index contributed by atoms with van der Waals surface area (Å²) in [5.41, 5.74) is 1.46. The molecule has 1 aliphatic rings. The zero-order chi connectivity index (χ0) is 17.0. The second-order valence-corrected chi connectivity index (χ2v) is 6.63. The molecule has 0 saturated heterocycles. The molecule has 1 fully saturated rings. The Labute approximate surface area is 138 Å². The van der Waals surface area contributed by atoms with E-state index in [9.17, 15) is 9.59 Å². The molecule has 0 aliphatic heterocycles. The first kappa shape index (κ1) is 17.3. The smallest absolute Gasteiger partial charge is 0.260 e. The van der Waals surface area contributed by atoms with E-state index in [0.717, 1.165) is 18.4 Å². The van der Waals surface area contributed by atoms with Gasteiger partial charge in [0.25, 0.3) is 11.8 Å². The van der Waals surface area contributed by atoms with E-state index >= 15 is 0 Å². The fourth-order valence-electron chi connectivity index (χ4n) is 2.25. The molecule has 0 unspecified atom stereocenters. The van der Waals surface area contributed by atoms with Gasteiger partial charge in [0.05, 0.1) is 5.56 Å². The Kier molecular flexibility index (Phi) is 5.64. The number of amides is 2. The van der Waals surface area contributed by atoms with E-state index in [2.05, 4.69) is 5.32 Å². The highest BCUT2D eigenvalue weighted by atomic mass is 16.5. The van der Waals surface area contributed by atoms with E-state index < -0.39 is 0 Å². The van der Waals surface area contributed by atoms with E-state index in [1.54, 1.807) is 24.1 Å². The molecule has 0 heterocycles. The summed E-state index contributed by atoms with van der Waals surface area (Å²) >= 11 is 0. The Morgan fingerprint density at radius 1 is 1.35 bits per heavy atom. The Bertz CT molecular complexity index is 580. The van der Waals surface area contributed by atoms with Crippen LogP contribution in [0.5, 0.6) is 5.75 Å². The minimum atomic E-state index is -0.166. The fourth-order valence-corrected chi connectivity index (χ4v) is 2.25. The van der Waals surface area contributed by atoms with Crippen LogP contribution in [0.3, 0.4) is 0 Å². The van der Waals surface area contributed by atoms with Gasteiger partial charge in [-0.1, -0.05) is 25.5 Å². The zero-order valence-electron chi connectivity index (χ0n) is 14.4. The van der Waals surface area contributed by atoms with Crippen LogP contribution in [0.1, 0.15) is 42.6 Å². The maximum Gasteiger partial charge on any atom is 0.260 e. The lowest BCUT2D eigenvalue weighted by atomic mass is 10.1. The minimum Gasteiger partial charge on any atom is -0.483 e. The SMILES string of the molecule is Cc1ccc(OCC(=O)N(C)C2CC2)c(C(=O)NCC(C)C)c1. The number of hydrogen-bond donors (Lipinski definition) is 1. The van der Waals surface area contributed by atoms with Crippen molar-refractivity contribution in [3.8, 4) is 5.75 Å². The van der Waals surface area contributed by atoms with Crippen molar-refractivity contribution in [2.45, 2.75) is 39.7 Å². The number of benzene rings is 1. The van der Waals surface area contributed by atoms with Gasteiger partial charge < -0.3 is 15.0 Å². The average Bonchev–Trinajstić information content (AvgIpc) is 3.35. The molecule has 126 valence electrons. The molecule has 1 saturated carbocycles. The molecule has 0 aromatic heterocycles. The van der Waals surface area contributed by atoms with Crippen molar-refractivity contribution in [1.29, 1.82) is 0 Å². The van der Waals surface area contributed by atoms with Gasteiger partial charge in [-0.2, -0.15) is 0 Å². The second-order valence-electron chi connectivity index (χ2n) is 6.63. The third kappa shape index (κ3) is 4.98. The van der Waals surface area contributed by atoms with E-state index in [0.29, 0.717) is 29.8 Å². The summed E-state index contributed by atoms with van der Waals surface area (Å²) in [6.07, 6.45) is 2.13. The van der Waals surface area contributed by atoms with Gasteiger partial charge in [-0.3, -0.25) is 9.59 Å². The lowest BCUT2D eigenvalue weighted by Crippen LogP contribution is -2.33. The fraction of sp³-hybridized carbons (Fsp3) is 0.556. The van der Waals surface area contributed by atoms with Crippen molar-refractivity contribution in [2.24, 2.45) is 5.92 Å². The van der Waals surface area contributed by atoms with Crippen LogP contribution >= 0.6 is 0 Å². The summed E-state index contributed by atoms with van der Waals surface area (Å²) in [6.45, 7) is 6.58. The van der Waals surface area contributed by atoms with Crippen molar-refractivity contribution in [2.75, 3.05) is 20.2 Å². The maximum absolute atomic E-state index is 12.3. The molecule has 0 radical (unpaired) electrons. The molecule has 23 heavy (non-hydrogen) atoms.